The smallest absolute Gasteiger partial charge is 0.421 e. The second-order valence-electron chi connectivity index (χ2n) is 11.0. The van der Waals surface area contributed by atoms with E-state index in [1.807, 2.05) is 0 Å². The molecule has 1 N–H and O–H groups in total. The molecule has 0 bridgehead atoms. The number of rotatable bonds is 8. The van der Waals surface area contributed by atoms with E-state index >= 15 is 4.39 Å². The lowest BCUT2D eigenvalue weighted by atomic mass is 9.81. The van der Waals surface area contributed by atoms with Gasteiger partial charge < -0.3 is 14.7 Å². The molecule has 0 radical (unpaired) electrons. The molecule has 2 aromatic carbocycles. The zero-order valence-corrected chi connectivity index (χ0v) is 23.9. The van der Waals surface area contributed by atoms with Gasteiger partial charge in [-0.25, -0.2) is 17.2 Å². The predicted molar refractivity (Wildman–Crippen MR) is 141 cm³/mol. The summed E-state index contributed by atoms with van der Waals surface area (Å²) in [6.07, 6.45) is -3.98. The van der Waals surface area contributed by atoms with Crippen LogP contribution in [0.25, 0.3) is 0 Å². The number of likely N-dealkylation sites (tertiary alicyclic amines) is 1. The van der Waals surface area contributed by atoms with E-state index in [4.69, 9.17) is 4.74 Å². The van der Waals surface area contributed by atoms with Gasteiger partial charge in [-0.1, -0.05) is 12.1 Å². The molecule has 0 aromatic heterocycles. The summed E-state index contributed by atoms with van der Waals surface area (Å²) in [6, 6.07) is 6.68. The summed E-state index contributed by atoms with van der Waals surface area (Å²) >= 11 is 0. The van der Waals surface area contributed by atoms with Gasteiger partial charge in [0.1, 0.15) is 16.4 Å². The zero-order valence-electron chi connectivity index (χ0n) is 23.1. The van der Waals surface area contributed by atoms with E-state index in [1.165, 1.54) is 11.8 Å². The van der Waals surface area contributed by atoms with Crippen molar-refractivity contribution in [3.63, 3.8) is 0 Å². The maximum absolute atomic E-state index is 15.6. The van der Waals surface area contributed by atoms with Gasteiger partial charge in [0.05, 0.1) is 10.8 Å². The number of nitrogens with zero attached hydrogens (tertiary/aromatic N) is 1. The van der Waals surface area contributed by atoms with Gasteiger partial charge in [0.2, 0.25) is 5.91 Å². The number of benzene rings is 2. The summed E-state index contributed by atoms with van der Waals surface area (Å²) in [6.45, 7) is 1.20. The third kappa shape index (κ3) is 5.52. The molecule has 1 heterocycles. The summed E-state index contributed by atoms with van der Waals surface area (Å²) < 4.78 is 102. The van der Waals surface area contributed by atoms with E-state index in [9.17, 15) is 40.7 Å². The monoisotopic (exact) mass is 617 g/mol. The van der Waals surface area contributed by atoms with E-state index in [0.717, 1.165) is 42.5 Å². The molecule has 230 valence electrons. The second-order valence-corrected chi connectivity index (χ2v) is 13.3. The molecule has 1 aliphatic heterocycles. The van der Waals surface area contributed by atoms with Crippen molar-refractivity contribution in [1.82, 2.24) is 4.90 Å². The van der Waals surface area contributed by atoms with Crippen molar-refractivity contribution < 1.29 is 49.8 Å². The van der Waals surface area contributed by atoms with Crippen LogP contribution in [0.2, 0.25) is 0 Å². The number of ether oxygens (including phenoxy) is 1. The SMILES string of the molecule is CCOC(C)(c1ccc([C@]2(S(=O)(=O)c3ccc(F)cc3)CCN(C(=O)[C@H]3CC[C@H](C(=O)O)CC3)C2)cc1F)C(F)(F)F. The number of hydrogen-bond donors (Lipinski definition) is 1. The number of aliphatic carboxylic acids is 1. The second kappa shape index (κ2) is 11.6. The van der Waals surface area contributed by atoms with Gasteiger partial charge in [-0.3, -0.25) is 9.59 Å². The van der Waals surface area contributed by atoms with Crippen LogP contribution < -0.4 is 0 Å². The fraction of sp³-hybridized carbons (Fsp3) is 0.517. The molecule has 2 aromatic rings. The highest BCUT2D eigenvalue weighted by atomic mass is 32.2. The summed E-state index contributed by atoms with van der Waals surface area (Å²) in [5.74, 6) is -4.42. The van der Waals surface area contributed by atoms with Crippen LogP contribution in [0.4, 0.5) is 22.0 Å². The van der Waals surface area contributed by atoms with Gasteiger partial charge in [0.25, 0.3) is 0 Å². The van der Waals surface area contributed by atoms with Crippen molar-refractivity contribution in [2.75, 3.05) is 19.7 Å². The highest BCUT2D eigenvalue weighted by Crippen LogP contribution is 2.47. The first-order valence-electron chi connectivity index (χ1n) is 13.6. The van der Waals surface area contributed by atoms with E-state index in [2.05, 4.69) is 0 Å². The van der Waals surface area contributed by atoms with Crippen LogP contribution in [0.5, 0.6) is 0 Å². The Morgan fingerprint density at radius 1 is 1.02 bits per heavy atom. The quantitative estimate of drug-likeness (QED) is 0.307. The molecule has 1 unspecified atom stereocenters. The number of carboxylic acid groups (broad SMARTS) is 1. The first kappa shape index (κ1) is 31.9. The third-order valence-corrected chi connectivity index (χ3v) is 11.1. The van der Waals surface area contributed by atoms with Crippen molar-refractivity contribution >= 4 is 21.7 Å². The number of amides is 1. The Balaban J connectivity index is 1.76. The summed E-state index contributed by atoms with van der Waals surface area (Å²) in [5, 5.41) is 9.26. The molecule has 1 aliphatic carbocycles. The summed E-state index contributed by atoms with van der Waals surface area (Å²) in [5.41, 5.74) is -3.98. The average molecular weight is 618 g/mol. The van der Waals surface area contributed by atoms with Gasteiger partial charge in [-0.2, -0.15) is 13.2 Å². The lowest BCUT2D eigenvalue weighted by molar-refractivity contribution is -0.277. The van der Waals surface area contributed by atoms with Crippen LogP contribution in [-0.2, 0) is 34.5 Å². The molecule has 2 fully saturated rings. The van der Waals surface area contributed by atoms with Crippen LogP contribution in [0.1, 0.15) is 57.1 Å². The highest BCUT2D eigenvalue weighted by Gasteiger charge is 2.56. The molecule has 2 atom stereocenters. The van der Waals surface area contributed by atoms with Gasteiger partial charge in [0, 0.05) is 31.2 Å². The van der Waals surface area contributed by atoms with Crippen LogP contribution in [-0.4, -0.2) is 56.2 Å². The predicted octanol–water partition coefficient (Wildman–Crippen LogP) is 5.57. The molecular formula is C29H32F5NO6S. The van der Waals surface area contributed by atoms with Crippen molar-refractivity contribution in [3.05, 3.63) is 65.2 Å². The van der Waals surface area contributed by atoms with Crippen molar-refractivity contribution in [3.8, 4) is 0 Å². The number of carbonyl (C=O) groups excluding carboxylic acids is 1. The van der Waals surface area contributed by atoms with Crippen molar-refractivity contribution in [1.29, 1.82) is 0 Å². The van der Waals surface area contributed by atoms with Gasteiger partial charge in [-0.15, -0.1) is 0 Å². The minimum atomic E-state index is -4.99. The molecule has 1 saturated carbocycles. The molecular weight excluding hydrogens is 585 g/mol. The normalized spacial score (nSPS) is 24.8. The molecule has 4 rings (SSSR count). The fourth-order valence-corrected chi connectivity index (χ4v) is 8.12. The lowest BCUT2D eigenvalue weighted by Gasteiger charge is -2.34. The maximum Gasteiger partial charge on any atom is 0.421 e. The van der Waals surface area contributed by atoms with Crippen molar-refractivity contribution in [2.45, 2.75) is 67.4 Å². The topological polar surface area (TPSA) is 101 Å². The summed E-state index contributed by atoms with van der Waals surface area (Å²) in [4.78, 5) is 25.8. The Bertz CT molecular complexity index is 1440. The van der Waals surface area contributed by atoms with E-state index in [0.29, 0.717) is 32.6 Å². The van der Waals surface area contributed by atoms with Crippen molar-refractivity contribution in [2.24, 2.45) is 11.8 Å². The Labute approximate surface area is 240 Å². The first-order chi connectivity index (χ1) is 19.6. The van der Waals surface area contributed by atoms with E-state index < -0.39 is 67.9 Å². The van der Waals surface area contributed by atoms with Gasteiger partial charge in [0.15, 0.2) is 15.4 Å². The lowest BCUT2D eigenvalue weighted by Crippen LogP contribution is -2.44. The first-order valence-corrected chi connectivity index (χ1v) is 15.1. The molecule has 13 heteroatoms. The number of carboxylic acids is 1. The molecule has 1 amide bonds. The van der Waals surface area contributed by atoms with Gasteiger partial charge >= 0.3 is 12.1 Å². The largest absolute Gasteiger partial charge is 0.481 e. The summed E-state index contributed by atoms with van der Waals surface area (Å²) in [7, 11) is -4.45. The number of alkyl halides is 3. The average Bonchev–Trinajstić information content (AvgIpc) is 3.40. The Hall–Kier alpha value is -3.06. The Morgan fingerprint density at radius 3 is 2.14 bits per heavy atom. The molecule has 42 heavy (non-hydrogen) atoms. The minimum Gasteiger partial charge on any atom is -0.481 e. The fourth-order valence-electron chi connectivity index (χ4n) is 6.05. The third-order valence-electron chi connectivity index (χ3n) is 8.59. The number of halogens is 5. The number of sulfone groups is 1. The minimum absolute atomic E-state index is 0.0410. The molecule has 0 spiro atoms. The molecule has 2 aliphatic rings. The van der Waals surface area contributed by atoms with E-state index in [1.54, 1.807) is 0 Å². The molecule has 1 saturated heterocycles. The van der Waals surface area contributed by atoms with Crippen LogP contribution in [0.15, 0.2) is 47.4 Å². The highest BCUT2D eigenvalue weighted by molar-refractivity contribution is 7.92. The van der Waals surface area contributed by atoms with Crippen LogP contribution in [0.3, 0.4) is 0 Å². The van der Waals surface area contributed by atoms with E-state index in [-0.39, 0.29) is 35.9 Å². The number of carbonyl (C=O) groups is 2. The Morgan fingerprint density at radius 2 is 1.62 bits per heavy atom. The van der Waals surface area contributed by atoms with Crippen LogP contribution in [0, 0.1) is 23.5 Å². The van der Waals surface area contributed by atoms with Crippen LogP contribution >= 0.6 is 0 Å². The zero-order chi connectivity index (χ0) is 31.1. The maximum atomic E-state index is 15.6. The van der Waals surface area contributed by atoms with Gasteiger partial charge in [-0.05, 0) is 81.8 Å². The standard InChI is InChI=1S/C29H32F5NO6S/c1-3-41-27(2,29(32,33)34)23-13-8-20(16-24(23)31)28(42(39,40)22-11-9-21(30)10-12-22)14-15-35(17-28)25(36)18-4-6-19(7-5-18)26(37)38/h8-13,16,18-19H,3-7,14-15,17H2,1-2H3,(H,37,38)/t18-,19-,27?,28-/m0/s1. The number of hydrogen-bond acceptors (Lipinski definition) is 5. The Kier molecular flexibility index (Phi) is 8.77. The molecule has 7 nitrogen and oxygen atoms in total.